The summed E-state index contributed by atoms with van der Waals surface area (Å²) in [5.41, 5.74) is 1.00. The fourth-order valence-electron chi connectivity index (χ4n) is 1.37. The van der Waals surface area contributed by atoms with E-state index < -0.39 is 10.0 Å². The third-order valence-corrected chi connectivity index (χ3v) is 3.74. The Labute approximate surface area is 105 Å². The highest BCUT2D eigenvalue weighted by molar-refractivity contribution is 7.89. The van der Waals surface area contributed by atoms with Crippen LogP contribution in [0.15, 0.2) is 33.7 Å². The highest BCUT2D eigenvalue weighted by atomic mass is 32.2. The van der Waals surface area contributed by atoms with E-state index in [1.54, 1.807) is 31.2 Å². The van der Waals surface area contributed by atoms with Gasteiger partial charge >= 0.3 is 0 Å². The second-order valence-corrected chi connectivity index (χ2v) is 5.63. The van der Waals surface area contributed by atoms with Gasteiger partial charge in [0.25, 0.3) is 0 Å². The van der Waals surface area contributed by atoms with Gasteiger partial charge in [0.05, 0.1) is 11.4 Å². The van der Waals surface area contributed by atoms with Crippen molar-refractivity contribution in [1.29, 1.82) is 0 Å². The van der Waals surface area contributed by atoms with Crippen LogP contribution in [0.1, 0.15) is 17.3 Å². The number of sulfonamides is 1. The molecule has 0 fully saturated rings. The molecule has 1 aromatic heterocycles. The van der Waals surface area contributed by atoms with Gasteiger partial charge < -0.3 is 4.52 Å². The molecule has 1 N–H and O–H groups in total. The van der Waals surface area contributed by atoms with Crippen molar-refractivity contribution in [2.24, 2.45) is 0 Å². The maximum absolute atomic E-state index is 11.9. The van der Waals surface area contributed by atoms with Gasteiger partial charge in [-0.15, -0.1) is 0 Å². The van der Waals surface area contributed by atoms with Crippen molar-refractivity contribution >= 4 is 10.0 Å². The molecule has 0 radical (unpaired) electrons. The lowest BCUT2D eigenvalue weighted by Gasteiger charge is -2.04. The first-order valence-corrected chi connectivity index (χ1v) is 6.81. The van der Waals surface area contributed by atoms with Crippen LogP contribution >= 0.6 is 0 Å². The Balaban J connectivity index is 2.10. The van der Waals surface area contributed by atoms with Crippen LogP contribution in [-0.4, -0.2) is 18.6 Å². The summed E-state index contributed by atoms with van der Waals surface area (Å²) in [7, 11) is -3.54. The third-order valence-electron chi connectivity index (χ3n) is 2.32. The van der Waals surface area contributed by atoms with Crippen LogP contribution in [-0.2, 0) is 16.6 Å². The molecule has 1 aromatic carbocycles. The van der Waals surface area contributed by atoms with Gasteiger partial charge in [-0.3, -0.25) is 0 Å². The van der Waals surface area contributed by atoms with Gasteiger partial charge in [0.15, 0.2) is 5.82 Å². The molecule has 0 amide bonds. The predicted molar refractivity (Wildman–Crippen MR) is 64.2 cm³/mol. The maximum atomic E-state index is 11.9. The first-order chi connectivity index (χ1) is 8.47. The number of rotatable bonds is 4. The van der Waals surface area contributed by atoms with Gasteiger partial charge in [-0.1, -0.05) is 22.9 Å². The molecule has 18 heavy (non-hydrogen) atoms. The van der Waals surface area contributed by atoms with Crippen molar-refractivity contribution in [1.82, 2.24) is 14.9 Å². The van der Waals surface area contributed by atoms with E-state index in [-0.39, 0.29) is 11.4 Å². The summed E-state index contributed by atoms with van der Waals surface area (Å²) in [6.07, 6.45) is 0. The molecule has 0 spiro atoms. The van der Waals surface area contributed by atoms with E-state index in [1.807, 2.05) is 6.92 Å². The van der Waals surface area contributed by atoms with E-state index in [1.165, 1.54) is 0 Å². The molecule has 0 bridgehead atoms. The summed E-state index contributed by atoms with van der Waals surface area (Å²) < 4.78 is 31.0. The smallest absolute Gasteiger partial charge is 0.240 e. The highest BCUT2D eigenvalue weighted by Gasteiger charge is 2.14. The lowest BCUT2D eigenvalue weighted by Crippen LogP contribution is -2.23. The molecule has 96 valence electrons. The highest BCUT2D eigenvalue weighted by Crippen LogP contribution is 2.10. The molecular weight excluding hydrogens is 254 g/mol. The van der Waals surface area contributed by atoms with Crippen LogP contribution in [0.25, 0.3) is 0 Å². The molecule has 2 rings (SSSR count). The SMILES string of the molecule is Cc1ccc(S(=O)(=O)NCc2noc(C)n2)cc1. The van der Waals surface area contributed by atoms with Gasteiger partial charge in [0.2, 0.25) is 15.9 Å². The minimum Gasteiger partial charge on any atom is -0.340 e. The van der Waals surface area contributed by atoms with Gasteiger partial charge in [0, 0.05) is 6.92 Å². The van der Waals surface area contributed by atoms with Gasteiger partial charge in [-0.05, 0) is 19.1 Å². The molecule has 0 atom stereocenters. The average Bonchev–Trinajstić information content (AvgIpc) is 2.73. The Morgan fingerprint density at radius 2 is 1.89 bits per heavy atom. The summed E-state index contributed by atoms with van der Waals surface area (Å²) in [5.74, 6) is 0.711. The van der Waals surface area contributed by atoms with E-state index in [9.17, 15) is 8.42 Å². The maximum Gasteiger partial charge on any atom is 0.240 e. The summed E-state index contributed by atoms with van der Waals surface area (Å²) >= 11 is 0. The largest absolute Gasteiger partial charge is 0.340 e. The van der Waals surface area contributed by atoms with Crippen molar-refractivity contribution in [2.45, 2.75) is 25.3 Å². The quantitative estimate of drug-likeness (QED) is 0.898. The number of aryl methyl sites for hydroxylation is 2. The molecule has 0 unspecified atom stereocenters. The molecule has 7 heteroatoms. The Bertz CT molecular complexity index is 632. The van der Waals surface area contributed by atoms with E-state index in [0.29, 0.717) is 11.7 Å². The fourth-order valence-corrected chi connectivity index (χ4v) is 2.35. The standard InChI is InChI=1S/C11H13N3O3S/c1-8-3-5-10(6-4-8)18(15,16)12-7-11-13-9(2)17-14-11/h3-6,12H,7H2,1-2H3. The van der Waals surface area contributed by atoms with Crippen LogP contribution in [0.5, 0.6) is 0 Å². The molecule has 0 saturated heterocycles. The van der Waals surface area contributed by atoms with Gasteiger partial charge in [-0.25, -0.2) is 13.1 Å². The Morgan fingerprint density at radius 3 is 2.44 bits per heavy atom. The first-order valence-electron chi connectivity index (χ1n) is 5.33. The molecule has 2 aromatic rings. The molecule has 0 saturated carbocycles. The van der Waals surface area contributed by atoms with E-state index in [4.69, 9.17) is 4.52 Å². The predicted octanol–water partition coefficient (Wildman–Crippen LogP) is 1.16. The topological polar surface area (TPSA) is 85.1 Å². The second-order valence-electron chi connectivity index (χ2n) is 3.87. The van der Waals surface area contributed by atoms with Crippen LogP contribution in [0.4, 0.5) is 0 Å². The molecular formula is C11H13N3O3S. The molecule has 1 heterocycles. The van der Waals surface area contributed by atoms with Crippen LogP contribution < -0.4 is 4.72 Å². The molecule has 6 nitrogen and oxygen atoms in total. The van der Waals surface area contributed by atoms with Crippen LogP contribution in [0.3, 0.4) is 0 Å². The normalized spacial score (nSPS) is 11.7. The minimum atomic E-state index is -3.54. The summed E-state index contributed by atoms with van der Waals surface area (Å²) in [5, 5.41) is 3.61. The summed E-state index contributed by atoms with van der Waals surface area (Å²) in [4.78, 5) is 4.13. The van der Waals surface area contributed by atoms with Gasteiger partial charge in [-0.2, -0.15) is 4.98 Å². The lowest BCUT2D eigenvalue weighted by atomic mass is 10.2. The van der Waals surface area contributed by atoms with Crippen molar-refractivity contribution in [2.75, 3.05) is 0 Å². The fraction of sp³-hybridized carbons (Fsp3) is 0.273. The molecule has 0 aliphatic carbocycles. The number of benzene rings is 1. The van der Waals surface area contributed by atoms with Crippen molar-refractivity contribution in [3.63, 3.8) is 0 Å². The minimum absolute atomic E-state index is 0.00749. The van der Waals surface area contributed by atoms with Crippen molar-refractivity contribution < 1.29 is 12.9 Å². The van der Waals surface area contributed by atoms with Crippen LogP contribution in [0, 0.1) is 13.8 Å². The third kappa shape index (κ3) is 2.93. The van der Waals surface area contributed by atoms with Crippen molar-refractivity contribution in [3.8, 4) is 0 Å². The van der Waals surface area contributed by atoms with E-state index in [2.05, 4.69) is 14.9 Å². The Morgan fingerprint density at radius 1 is 1.22 bits per heavy atom. The van der Waals surface area contributed by atoms with E-state index >= 15 is 0 Å². The zero-order chi connectivity index (χ0) is 13.2. The zero-order valence-corrected chi connectivity index (χ0v) is 10.9. The van der Waals surface area contributed by atoms with Gasteiger partial charge in [0.1, 0.15) is 0 Å². The number of nitrogens with one attached hydrogen (secondary N) is 1. The summed E-state index contributed by atoms with van der Waals surface area (Å²) in [6.45, 7) is 3.55. The summed E-state index contributed by atoms with van der Waals surface area (Å²) in [6, 6.07) is 6.60. The molecule has 0 aliphatic heterocycles. The zero-order valence-electron chi connectivity index (χ0n) is 10.0. The van der Waals surface area contributed by atoms with Crippen LogP contribution in [0.2, 0.25) is 0 Å². The first kappa shape index (κ1) is 12.7. The Kier molecular flexibility index (Phi) is 3.44. The average molecular weight is 267 g/mol. The monoisotopic (exact) mass is 267 g/mol. The Hall–Kier alpha value is -1.73. The molecule has 0 aliphatic rings. The number of hydrogen-bond donors (Lipinski definition) is 1. The number of hydrogen-bond acceptors (Lipinski definition) is 5. The lowest BCUT2D eigenvalue weighted by molar-refractivity contribution is 0.387. The van der Waals surface area contributed by atoms with Crippen molar-refractivity contribution in [3.05, 3.63) is 41.5 Å². The number of nitrogens with zero attached hydrogens (tertiary/aromatic N) is 2. The number of aromatic nitrogens is 2. The van der Waals surface area contributed by atoms with E-state index in [0.717, 1.165) is 5.56 Å². The second kappa shape index (κ2) is 4.87.